The van der Waals surface area contributed by atoms with Crippen molar-refractivity contribution in [3.05, 3.63) is 23.8 Å². The molecule has 0 saturated carbocycles. The van der Waals surface area contributed by atoms with E-state index in [9.17, 15) is 4.79 Å². The maximum Gasteiger partial charge on any atom is 0.259 e. The fraction of sp³-hybridized carbons (Fsp3) is 0.562. The van der Waals surface area contributed by atoms with Gasteiger partial charge in [-0.25, -0.2) is 0 Å². The van der Waals surface area contributed by atoms with Gasteiger partial charge in [0.25, 0.3) is 5.91 Å². The number of para-hydroxylation sites is 1. The minimum absolute atomic E-state index is 0.00452. The summed E-state index contributed by atoms with van der Waals surface area (Å²) in [5.41, 5.74) is 0.988. The molecule has 0 fully saturated rings. The van der Waals surface area contributed by atoms with E-state index in [1.807, 2.05) is 18.2 Å². The Labute approximate surface area is 127 Å². The molecule has 0 bridgehead atoms. The third-order valence-corrected chi connectivity index (χ3v) is 2.99. The van der Waals surface area contributed by atoms with Crippen molar-refractivity contribution in [2.24, 2.45) is 5.92 Å². The lowest BCUT2D eigenvalue weighted by Gasteiger charge is -2.17. The number of rotatable bonds is 8. The van der Waals surface area contributed by atoms with Crippen LogP contribution >= 0.6 is 0 Å². The van der Waals surface area contributed by atoms with Crippen molar-refractivity contribution in [2.45, 2.75) is 20.4 Å². The number of benzene rings is 1. The molecular formula is C16H26N2O3. The van der Waals surface area contributed by atoms with Gasteiger partial charge in [-0.15, -0.1) is 0 Å². The lowest BCUT2D eigenvalue weighted by atomic mass is 10.1. The van der Waals surface area contributed by atoms with Crippen LogP contribution in [0.2, 0.25) is 0 Å². The first-order valence-corrected chi connectivity index (χ1v) is 7.15. The number of likely N-dealkylation sites (N-methyl/N-ethyl adjacent to an activating group) is 1. The zero-order valence-corrected chi connectivity index (χ0v) is 13.6. The number of methoxy groups -OCH3 is 1. The Balaban J connectivity index is 2.79. The number of nitrogens with one attached hydrogen (secondary N) is 1. The van der Waals surface area contributed by atoms with Gasteiger partial charge in [-0.1, -0.05) is 26.0 Å². The largest absolute Gasteiger partial charge is 0.493 e. The maximum atomic E-state index is 11.7. The van der Waals surface area contributed by atoms with E-state index in [-0.39, 0.29) is 12.5 Å². The molecule has 5 heteroatoms. The molecule has 5 nitrogen and oxygen atoms in total. The van der Waals surface area contributed by atoms with Gasteiger partial charge in [-0.05, 0) is 18.5 Å². The van der Waals surface area contributed by atoms with Gasteiger partial charge in [-0.3, -0.25) is 4.79 Å². The molecule has 0 aliphatic rings. The van der Waals surface area contributed by atoms with Crippen LogP contribution in [-0.4, -0.2) is 45.2 Å². The highest BCUT2D eigenvalue weighted by atomic mass is 16.5. The molecule has 118 valence electrons. The van der Waals surface area contributed by atoms with Gasteiger partial charge in [0.1, 0.15) is 0 Å². The third-order valence-electron chi connectivity index (χ3n) is 2.99. The molecular weight excluding hydrogens is 268 g/mol. The molecule has 21 heavy (non-hydrogen) atoms. The van der Waals surface area contributed by atoms with E-state index in [4.69, 9.17) is 9.47 Å². The lowest BCUT2D eigenvalue weighted by molar-refractivity contribution is -0.130. The van der Waals surface area contributed by atoms with Gasteiger partial charge in [0.15, 0.2) is 18.1 Å². The highest BCUT2D eigenvalue weighted by Gasteiger charge is 2.13. The topological polar surface area (TPSA) is 50.8 Å². The number of hydrogen-bond acceptors (Lipinski definition) is 4. The molecule has 1 aromatic rings. The Hall–Kier alpha value is -1.75. The minimum Gasteiger partial charge on any atom is -0.493 e. The van der Waals surface area contributed by atoms with E-state index >= 15 is 0 Å². The first kappa shape index (κ1) is 17.3. The number of ether oxygens (including phenoxy) is 2. The number of carbonyl (C=O) groups is 1. The van der Waals surface area contributed by atoms with E-state index < -0.39 is 0 Å². The van der Waals surface area contributed by atoms with Gasteiger partial charge in [0.2, 0.25) is 0 Å². The van der Waals surface area contributed by atoms with Gasteiger partial charge >= 0.3 is 0 Å². The monoisotopic (exact) mass is 294 g/mol. The normalized spacial score (nSPS) is 10.6. The maximum absolute atomic E-state index is 11.7. The Bertz CT molecular complexity index is 459. The summed E-state index contributed by atoms with van der Waals surface area (Å²) < 4.78 is 11.0. The summed E-state index contributed by atoms with van der Waals surface area (Å²) in [7, 11) is 5.01. The van der Waals surface area contributed by atoms with Crippen LogP contribution in [-0.2, 0) is 11.3 Å². The molecule has 1 aromatic carbocycles. The van der Waals surface area contributed by atoms with E-state index in [1.54, 1.807) is 21.2 Å². The molecule has 0 radical (unpaired) electrons. The zero-order valence-electron chi connectivity index (χ0n) is 13.6. The summed E-state index contributed by atoms with van der Waals surface area (Å²) in [6, 6.07) is 5.73. The first-order chi connectivity index (χ1) is 9.95. The molecule has 0 aliphatic heterocycles. The van der Waals surface area contributed by atoms with Crippen molar-refractivity contribution >= 4 is 5.91 Å². The van der Waals surface area contributed by atoms with Crippen LogP contribution in [0.5, 0.6) is 11.5 Å². The van der Waals surface area contributed by atoms with Crippen molar-refractivity contribution in [2.75, 3.05) is 34.4 Å². The molecule has 0 spiro atoms. The standard InChI is InChI=1S/C16H26N2O3/c1-12(2)9-17-10-13-7-6-8-14(20-5)16(13)21-11-15(19)18(3)4/h6-8,12,17H,9-11H2,1-5H3. The Morgan fingerprint density at radius 1 is 1.33 bits per heavy atom. The van der Waals surface area contributed by atoms with Gasteiger partial charge in [0.05, 0.1) is 7.11 Å². The summed E-state index contributed by atoms with van der Waals surface area (Å²) in [5, 5.41) is 3.37. The number of carbonyl (C=O) groups excluding carboxylic acids is 1. The van der Waals surface area contributed by atoms with E-state index in [0.29, 0.717) is 24.0 Å². The second-order valence-electron chi connectivity index (χ2n) is 5.55. The fourth-order valence-corrected chi connectivity index (χ4v) is 1.78. The quantitative estimate of drug-likeness (QED) is 0.796. The van der Waals surface area contributed by atoms with Crippen LogP contribution < -0.4 is 14.8 Å². The van der Waals surface area contributed by atoms with Crippen LogP contribution in [0, 0.1) is 5.92 Å². The summed E-state index contributed by atoms with van der Waals surface area (Å²) in [6.07, 6.45) is 0. The molecule has 0 unspecified atom stereocenters. The SMILES string of the molecule is COc1cccc(CNCC(C)C)c1OCC(=O)N(C)C. The van der Waals surface area contributed by atoms with Crippen molar-refractivity contribution < 1.29 is 14.3 Å². The van der Waals surface area contributed by atoms with Crippen LogP contribution in [0.4, 0.5) is 0 Å². The zero-order chi connectivity index (χ0) is 15.8. The van der Waals surface area contributed by atoms with Crippen molar-refractivity contribution in [1.82, 2.24) is 10.2 Å². The highest BCUT2D eigenvalue weighted by Crippen LogP contribution is 2.31. The van der Waals surface area contributed by atoms with Crippen LogP contribution in [0.25, 0.3) is 0 Å². The summed E-state index contributed by atoms with van der Waals surface area (Å²) in [5.74, 6) is 1.77. The average molecular weight is 294 g/mol. The molecule has 1 N–H and O–H groups in total. The predicted molar refractivity (Wildman–Crippen MR) is 83.7 cm³/mol. The predicted octanol–water partition coefficient (Wildman–Crippen LogP) is 1.91. The number of nitrogens with zero attached hydrogens (tertiary/aromatic N) is 1. The Morgan fingerprint density at radius 3 is 2.62 bits per heavy atom. The van der Waals surface area contributed by atoms with Crippen molar-refractivity contribution in [1.29, 1.82) is 0 Å². The summed E-state index contributed by atoms with van der Waals surface area (Å²) >= 11 is 0. The smallest absolute Gasteiger partial charge is 0.259 e. The molecule has 0 heterocycles. The average Bonchev–Trinajstić information content (AvgIpc) is 2.44. The van der Waals surface area contributed by atoms with E-state index in [0.717, 1.165) is 12.1 Å². The molecule has 1 rings (SSSR count). The van der Waals surface area contributed by atoms with Crippen LogP contribution in [0.1, 0.15) is 19.4 Å². The molecule has 1 amide bonds. The molecule has 0 aromatic heterocycles. The fourth-order valence-electron chi connectivity index (χ4n) is 1.78. The van der Waals surface area contributed by atoms with E-state index in [2.05, 4.69) is 19.2 Å². The lowest BCUT2D eigenvalue weighted by Crippen LogP contribution is -2.28. The van der Waals surface area contributed by atoms with Gasteiger partial charge in [0, 0.05) is 26.2 Å². The minimum atomic E-state index is -0.0815. The molecule has 0 aliphatic carbocycles. The van der Waals surface area contributed by atoms with Crippen LogP contribution in [0.15, 0.2) is 18.2 Å². The van der Waals surface area contributed by atoms with Gasteiger partial charge < -0.3 is 19.7 Å². The number of amides is 1. The van der Waals surface area contributed by atoms with Crippen LogP contribution in [0.3, 0.4) is 0 Å². The summed E-state index contributed by atoms with van der Waals surface area (Å²) in [6.45, 7) is 5.93. The second kappa shape index (κ2) is 8.52. The molecule has 0 saturated heterocycles. The molecule has 0 atom stereocenters. The van der Waals surface area contributed by atoms with Crippen molar-refractivity contribution in [3.63, 3.8) is 0 Å². The van der Waals surface area contributed by atoms with Gasteiger partial charge in [-0.2, -0.15) is 0 Å². The van der Waals surface area contributed by atoms with Crippen molar-refractivity contribution in [3.8, 4) is 11.5 Å². The second-order valence-corrected chi connectivity index (χ2v) is 5.55. The third kappa shape index (κ3) is 5.63. The Morgan fingerprint density at radius 2 is 2.05 bits per heavy atom. The number of hydrogen-bond donors (Lipinski definition) is 1. The Kier molecular flexibility index (Phi) is 7.02. The first-order valence-electron chi connectivity index (χ1n) is 7.15. The van der Waals surface area contributed by atoms with E-state index in [1.165, 1.54) is 4.90 Å². The summed E-state index contributed by atoms with van der Waals surface area (Å²) in [4.78, 5) is 13.2. The highest BCUT2D eigenvalue weighted by molar-refractivity contribution is 5.77.